The lowest BCUT2D eigenvalue weighted by Gasteiger charge is -2.26. The molecule has 4 rings (SSSR count). The van der Waals surface area contributed by atoms with Crippen molar-refractivity contribution in [2.45, 2.75) is 6.54 Å². The van der Waals surface area contributed by atoms with Crippen molar-refractivity contribution in [1.82, 2.24) is 24.4 Å². The molecule has 1 N–H and O–H groups in total. The average molecular weight is 441 g/mol. The highest BCUT2D eigenvalue weighted by Gasteiger charge is 2.15. The molecule has 10 heteroatoms. The van der Waals surface area contributed by atoms with Gasteiger partial charge in [0.25, 0.3) is 6.47 Å². The third kappa shape index (κ3) is 5.80. The summed E-state index contributed by atoms with van der Waals surface area (Å²) in [6, 6.07) is 7.67. The summed E-state index contributed by atoms with van der Waals surface area (Å²) in [5.74, 6) is 2.67. The summed E-state index contributed by atoms with van der Waals surface area (Å²) in [6.07, 6.45) is 5.53. The first-order valence-corrected chi connectivity index (χ1v) is 10.1. The summed E-state index contributed by atoms with van der Waals surface area (Å²) in [5.41, 5.74) is 1.78. The smallest absolute Gasteiger partial charge is 0.290 e. The minimum absolute atomic E-state index is 0.250. The van der Waals surface area contributed by atoms with Crippen molar-refractivity contribution in [3.63, 3.8) is 0 Å². The van der Waals surface area contributed by atoms with Gasteiger partial charge in [-0.3, -0.25) is 9.69 Å². The van der Waals surface area contributed by atoms with Crippen molar-refractivity contribution in [3.8, 4) is 34.4 Å². The largest absolute Gasteiger partial charge is 0.496 e. The Kier molecular flexibility index (Phi) is 8.52. The fourth-order valence-electron chi connectivity index (χ4n) is 3.43. The lowest BCUT2D eigenvalue weighted by atomic mass is 10.1. The van der Waals surface area contributed by atoms with Crippen molar-refractivity contribution < 1.29 is 24.1 Å². The second-order valence-electron chi connectivity index (χ2n) is 6.84. The fraction of sp³-hybridized carbons (Fsp3) is 0.364. The molecule has 1 aromatic carbocycles. The number of morpholine rings is 1. The molecule has 0 unspecified atom stereocenters. The number of hydrogen-bond acceptors (Lipinski definition) is 8. The van der Waals surface area contributed by atoms with E-state index in [9.17, 15) is 0 Å². The predicted octanol–water partition coefficient (Wildman–Crippen LogP) is 2.06. The molecule has 3 aromatic rings. The van der Waals surface area contributed by atoms with Crippen LogP contribution >= 0.6 is 0 Å². The maximum atomic E-state index is 8.36. The topological polar surface area (TPSA) is 112 Å². The normalized spacial score (nSPS) is 13.7. The zero-order chi connectivity index (χ0) is 22.8. The molecule has 0 aliphatic carbocycles. The van der Waals surface area contributed by atoms with Gasteiger partial charge in [-0.05, 0) is 18.2 Å². The summed E-state index contributed by atoms with van der Waals surface area (Å²) in [6.45, 7) is 5.15. The van der Waals surface area contributed by atoms with E-state index in [-0.39, 0.29) is 6.47 Å². The van der Waals surface area contributed by atoms with Crippen LogP contribution in [0.25, 0.3) is 22.8 Å². The Hall–Kier alpha value is -3.50. The van der Waals surface area contributed by atoms with Crippen molar-refractivity contribution in [1.29, 1.82) is 0 Å². The van der Waals surface area contributed by atoms with E-state index in [4.69, 9.17) is 24.1 Å². The van der Waals surface area contributed by atoms with Crippen LogP contribution in [0.5, 0.6) is 11.6 Å². The van der Waals surface area contributed by atoms with Gasteiger partial charge in [-0.2, -0.15) is 4.98 Å². The lowest BCUT2D eigenvalue weighted by Crippen LogP contribution is -2.38. The van der Waals surface area contributed by atoms with Crippen LogP contribution in [0.15, 0.2) is 42.9 Å². The number of ether oxygens (including phenoxy) is 3. The van der Waals surface area contributed by atoms with E-state index in [0.717, 1.165) is 56.3 Å². The number of carboxylic acid groups (broad SMARTS) is 1. The zero-order valence-corrected chi connectivity index (χ0v) is 18.2. The fourth-order valence-corrected chi connectivity index (χ4v) is 3.43. The zero-order valence-electron chi connectivity index (χ0n) is 18.2. The van der Waals surface area contributed by atoms with Crippen LogP contribution in [0.4, 0.5) is 0 Å². The number of aromatic nitrogens is 4. The van der Waals surface area contributed by atoms with E-state index in [2.05, 4.69) is 24.4 Å². The van der Waals surface area contributed by atoms with Gasteiger partial charge in [0.05, 0.1) is 33.0 Å². The van der Waals surface area contributed by atoms with E-state index >= 15 is 0 Å². The van der Waals surface area contributed by atoms with Crippen LogP contribution in [-0.4, -0.2) is 83.1 Å². The molecule has 10 nitrogen and oxygen atoms in total. The Labute approximate surface area is 186 Å². The van der Waals surface area contributed by atoms with Gasteiger partial charge in [-0.25, -0.2) is 9.97 Å². The average Bonchev–Trinajstić information content (AvgIpc) is 3.32. The van der Waals surface area contributed by atoms with Gasteiger partial charge in [0.1, 0.15) is 11.6 Å². The first kappa shape index (κ1) is 23.2. The molecule has 0 bridgehead atoms. The first-order chi connectivity index (χ1) is 15.7. The molecule has 170 valence electrons. The highest BCUT2D eigenvalue weighted by atomic mass is 16.5. The van der Waals surface area contributed by atoms with Crippen molar-refractivity contribution in [2.24, 2.45) is 0 Å². The molecule has 1 fully saturated rings. The second kappa shape index (κ2) is 11.8. The quantitative estimate of drug-likeness (QED) is 0.551. The van der Waals surface area contributed by atoms with Gasteiger partial charge in [0, 0.05) is 56.4 Å². The Bertz CT molecular complexity index is 1000. The maximum absolute atomic E-state index is 8.36. The van der Waals surface area contributed by atoms with E-state index in [1.54, 1.807) is 26.5 Å². The summed E-state index contributed by atoms with van der Waals surface area (Å²) in [5, 5.41) is 6.89. The predicted molar refractivity (Wildman–Crippen MR) is 118 cm³/mol. The molecular formula is C22H27N5O5. The lowest BCUT2D eigenvalue weighted by molar-refractivity contribution is -0.122. The molecule has 0 spiro atoms. The number of rotatable bonds is 7. The number of methoxy groups -OCH3 is 2. The summed E-state index contributed by atoms with van der Waals surface area (Å²) in [7, 11) is 3.23. The highest BCUT2D eigenvalue weighted by molar-refractivity contribution is 5.72. The Balaban J connectivity index is 0.000000913. The maximum Gasteiger partial charge on any atom is 0.290 e. The van der Waals surface area contributed by atoms with Gasteiger partial charge in [0.15, 0.2) is 5.82 Å². The standard InChI is InChI=1S/C21H25N5O3.CH2O2/c1-27-18-4-3-16(15-17(18)20-22-6-5-19(24-20)28-2)21-23-7-8-26(21)10-9-25-11-13-29-14-12-25;2-1-3/h3-8,15H,9-14H2,1-2H3;1H,(H,2,3). The molecule has 0 saturated carbocycles. The molecule has 0 radical (unpaired) electrons. The summed E-state index contributed by atoms with van der Waals surface area (Å²) in [4.78, 5) is 24.2. The summed E-state index contributed by atoms with van der Waals surface area (Å²) < 4.78 is 18.4. The van der Waals surface area contributed by atoms with Crippen LogP contribution in [0.2, 0.25) is 0 Å². The van der Waals surface area contributed by atoms with Crippen LogP contribution in [0.1, 0.15) is 0 Å². The van der Waals surface area contributed by atoms with E-state index < -0.39 is 0 Å². The Morgan fingerprint density at radius 1 is 1.09 bits per heavy atom. The van der Waals surface area contributed by atoms with Crippen molar-refractivity contribution >= 4 is 6.47 Å². The van der Waals surface area contributed by atoms with Crippen LogP contribution < -0.4 is 9.47 Å². The number of nitrogens with zero attached hydrogens (tertiary/aromatic N) is 5. The third-order valence-corrected chi connectivity index (χ3v) is 5.01. The minimum Gasteiger partial charge on any atom is -0.496 e. The number of hydrogen-bond donors (Lipinski definition) is 1. The Morgan fingerprint density at radius 3 is 2.59 bits per heavy atom. The number of carbonyl (C=O) groups is 1. The van der Waals surface area contributed by atoms with E-state index in [1.807, 2.05) is 30.6 Å². The van der Waals surface area contributed by atoms with Crippen molar-refractivity contribution in [2.75, 3.05) is 47.1 Å². The minimum atomic E-state index is -0.250. The number of benzene rings is 1. The van der Waals surface area contributed by atoms with Crippen molar-refractivity contribution in [3.05, 3.63) is 42.9 Å². The van der Waals surface area contributed by atoms with Gasteiger partial charge in [0.2, 0.25) is 5.88 Å². The molecule has 0 amide bonds. The van der Waals surface area contributed by atoms with Gasteiger partial charge < -0.3 is 23.9 Å². The van der Waals surface area contributed by atoms with Crippen LogP contribution in [0.3, 0.4) is 0 Å². The molecular weight excluding hydrogens is 414 g/mol. The van der Waals surface area contributed by atoms with E-state index in [0.29, 0.717) is 17.5 Å². The van der Waals surface area contributed by atoms with Gasteiger partial charge in [-0.1, -0.05) is 0 Å². The molecule has 2 aromatic heterocycles. The summed E-state index contributed by atoms with van der Waals surface area (Å²) >= 11 is 0. The molecule has 0 atom stereocenters. The molecule has 32 heavy (non-hydrogen) atoms. The number of imidazole rings is 1. The third-order valence-electron chi connectivity index (χ3n) is 5.01. The monoisotopic (exact) mass is 441 g/mol. The van der Waals surface area contributed by atoms with Crippen LogP contribution in [0, 0.1) is 0 Å². The molecule has 1 aliphatic heterocycles. The van der Waals surface area contributed by atoms with Gasteiger partial charge in [-0.15, -0.1) is 0 Å². The second-order valence-corrected chi connectivity index (χ2v) is 6.84. The molecule has 3 heterocycles. The first-order valence-electron chi connectivity index (χ1n) is 10.1. The highest BCUT2D eigenvalue weighted by Crippen LogP contribution is 2.32. The molecule has 1 aliphatic rings. The van der Waals surface area contributed by atoms with E-state index in [1.165, 1.54) is 0 Å². The van der Waals surface area contributed by atoms with Gasteiger partial charge >= 0.3 is 0 Å². The molecule has 1 saturated heterocycles. The SMILES string of the molecule is COc1ccnc(-c2cc(-c3nccn3CCN3CCOCC3)ccc2OC)n1.O=CO. The van der Waals surface area contributed by atoms with Crippen LogP contribution in [-0.2, 0) is 16.1 Å². The Morgan fingerprint density at radius 2 is 1.88 bits per heavy atom.